The first-order valence-electron chi connectivity index (χ1n) is 7.27. The van der Waals surface area contributed by atoms with Crippen molar-refractivity contribution in [3.63, 3.8) is 0 Å². The molecule has 0 radical (unpaired) electrons. The Bertz CT molecular complexity index is 797. The summed E-state index contributed by atoms with van der Waals surface area (Å²) in [5.74, 6) is 0.998. The Labute approximate surface area is 128 Å². The molecule has 4 heteroatoms. The normalized spacial score (nSPS) is 14.6. The lowest BCUT2D eigenvalue weighted by molar-refractivity contribution is 0.772. The molecule has 1 aliphatic rings. The molecule has 0 saturated carbocycles. The van der Waals surface area contributed by atoms with Crippen molar-refractivity contribution in [1.29, 1.82) is 0 Å². The molecule has 2 heterocycles. The molecule has 3 nitrogen and oxygen atoms in total. The van der Waals surface area contributed by atoms with E-state index in [1.54, 1.807) is 0 Å². The zero-order valence-electron chi connectivity index (χ0n) is 12.2. The predicted molar refractivity (Wildman–Crippen MR) is 88.1 cm³/mol. The average Bonchev–Trinajstić information content (AvgIpc) is 3.02. The molecule has 2 aromatic heterocycles. The minimum absolute atomic E-state index is 0.438. The summed E-state index contributed by atoms with van der Waals surface area (Å²) in [5, 5.41) is 4.81. The lowest BCUT2D eigenvalue weighted by Gasteiger charge is -2.12. The fourth-order valence-corrected chi connectivity index (χ4v) is 4.10. The van der Waals surface area contributed by atoms with Gasteiger partial charge in [-0.25, -0.2) is 4.98 Å². The number of hydrogen-bond acceptors (Lipinski definition) is 4. The quantitative estimate of drug-likeness (QED) is 0.779. The lowest BCUT2D eigenvalue weighted by Crippen LogP contribution is -2.19. The summed E-state index contributed by atoms with van der Waals surface area (Å²) in [4.78, 5) is 5.62. The smallest absolute Gasteiger partial charge is 0.149 e. The summed E-state index contributed by atoms with van der Waals surface area (Å²) < 4.78 is 4.59. The van der Waals surface area contributed by atoms with Crippen LogP contribution in [0.25, 0.3) is 10.2 Å². The zero-order valence-corrected chi connectivity index (χ0v) is 13.0. The monoisotopic (exact) mass is 295 g/mol. The molecule has 0 aliphatic heterocycles. The van der Waals surface area contributed by atoms with E-state index in [9.17, 15) is 0 Å². The SMILES string of the molecule is Cc1cc(C)c2c(NC3Cc4ccccc4C3)nsc2n1. The minimum Gasteiger partial charge on any atom is -0.365 e. The van der Waals surface area contributed by atoms with Crippen LogP contribution in [-0.4, -0.2) is 15.4 Å². The zero-order chi connectivity index (χ0) is 14.4. The standard InChI is InChI=1S/C17H17N3S/c1-10-7-11(2)18-17-15(10)16(20-21-17)19-14-8-12-5-3-4-6-13(12)9-14/h3-7,14H,8-9H2,1-2H3,(H,19,20). The number of aromatic nitrogens is 2. The van der Waals surface area contributed by atoms with E-state index in [0.29, 0.717) is 6.04 Å². The molecule has 21 heavy (non-hydrogen) atoms. The van der Waals surface area contributed by atoms with Crippen LogP contribution in [0.3, 0.4) is 0 Å². The van der Waals surface area contributed by atoms with Crippen LogP contribution < -0.4 is 5.32 Å². The molecule has 4 rings (SSSR count). The van der Waals surface area contributed by atoms with Gasteiger partial charge in [0.2, 0.25) is 0 Å². The molecule has 1 aromatic carbocycles. The van der Waals surface area contributed by atoms with E-state index in [4.69, 9.17) is 0 Å². The molecule has 0 spiro atoms. The number of benzene rings is 1. The van der Waals surface area contributed by atoms with Crippen LogP contribution in [-0.2, 0) is 12.8 Å². The fraction of sp³-hybridized carbons (Fsp3) is 0.294. The number of anilines is 1. The van der Waals surface area contributed by atoms with Crippen molar-refractivity contribution in [3.8, 4) is 0 Å². The number of rotatable bonds is 2. The Kier molecular flexibility index (Phi) is 2.93. The van der Waals surface area contributed by atoms with Gasteiger partial charge in [-0.05, 0) is 61.0 Å². The number of hydrogen-bond donors (Lipinski definition) is 1. The third kappa shape index (κ3) is 2.20. The molecule has 3 aromatic rings. The van der Waals surface area contributed by atoms with E-state index in [2.05, 4.69) is 51.9 Å². The van der Waals surface area contributed by atoms with Crippen LogP contribution in [0.5, 0.6) is 0 Å². The second kappa shape index (κ2) is 4.81. The van der Waals surface area contributed by atoms with Crippen molar-refractivity contribution in [2.24, 2.45) is 0 Å². The molecule has 0 bridgehead atoms. The van der Waals surface area contributed by atoms with Crippen LogP contribution in [0.1, 0.15) is 22.4 Å². The summed E-state index contributed by atoms with van der Waals surface area (Å²) in [7, 11) is 0. The molecular weight excluding hydrogens is 278 g/mol. The van der Waals surface area contributed by atoms with E-state index in [1.807, 2.05) is 6.92 Å². The Morgan fingerprint density at radius 2 is 1.86 bits per heavy atom. The highest BCUT2D eigenvalue weighted by molar-refractivity contribution is 7.13. The van der Waals surface area contributed by atoms with Gasteiger partial charge < -0.3 is 5.32 Å². The maximum atomic E-state index is 4.59. The van der Waals surface area contributed by atoms with Crippen molar-refractivity contribution in [2.45, 2.75) is 32.7 Å². The van der Waals surface area contributed by atoms with Gasteiger partial charge in [0.15, 0.2) is 0 Å². The van der Waals surface area contributed by atoms with Gasteiger partial charge in [0.1, 0.15) is 10.6 Å². The third-order valence-electron chi connectivity index (χ3n) is 4.16. The van der Waals surface area contributed by atoms with Gasteiger partial charge in [-0.1, -0.05) is 24.3 Å². The Balaban J connectivity index is 1.65. The van der Waals surface area contributed by atoms with Crippen LogP contribution in [0.15, 0.2) is 30.3 Å². The van der Waals surface area contributed by atoms with E-state index in [1.165, 1.54) is 33.6 Å². The molecule has 0 fully saturated rings. The molecule has 0 atom stereocenters. The first-order valence-corrected chi connectivity index (χ1v) is 8.05. The Morgan fingerprint density at radius 1 is 1.14 bits per heavy atom. The van der Waals surface area contributed by atoms with Crippen LogP contribution in [0.2, 0.25) is 0 Å². The topological polar surface area (TPSA) is 37.8 Å². The molecule has 1 N–H and O–H groups in total. The summed E-state index contributed by atoms with van der Waals surface area (Å²) in [5.41, 5.74) is 5.23. The van der Waals surface area contributed by atoms with E-state index >= 15 is 0 Å². The molecule has 0 unspecified atom stereocenters. The van der Waals surface area contributed by atoms with Crippen molar-refractivity contribution >= 4 is 27.6 Å². The number of fused-ring (bicyclic) bond motifs is 2. The summed E-state index contributed by atoms with van der Waals surface area (Å²) in [6, 6.07) is 11.3. The average molecular weight is 295 g/mol. The van der Waals surface area contributed by atoms with Gasteiger partial charge >= 0.3 is 0 Å². The summed E-state index contributed by atoms with van der Waals surface area (Å²) in [6.45, 7) is 4.17. The first-order chi connectivity index (χ1) is 10.2. The van der Waals surface area contributed by atoms with Crippen molar-refractivity contribution in [1.82, 2.24) is 9.36 Å². The largest absolute Gasteiger partial charge is 0.365 e. The second-order valence-corrected chi connectivity index (χ2v) is 6.56. The molecular formula is C17H17N3S. The van der Waals surface area contributed by atoms with Gasteiger partial charge in [0.05, 0.1) is 5.39 Å². The Hall–Kier alpha value is -1.94. The third-order valence-corrected chi connectivity index (χ3v) is 4.91. The number of aryl methyl sites for hydroxylation is 2. The highest BCUT2D eigenvalue weighted by Crippen LogP contribution is 2.31. The Morgan fingerprint density at radius 3 is 2.57 bits per heavy atom. The minimum atomic E-state index is 0.438. The van der Waals surface area contributed by atoms with Crippen LogP contribution >= 0.6 is 11.5 Å². The predicted octanol–water partition coefficient (Wildman–Crippen LogP) is 3.89. The van der Waals surface area contributed by atoms with E-state index in [-0.39, 0.29) is 0 Å². The number of pyridine rings is 1. The van der Waals surface area contributed by atoms with Gasteiger partial charge in [0, 0.05) is 11.7 Å². The lowest BCUT2D eigenvalue weighted by atomic mass is 10.1. The van der Waals surface area contributed by atoms with Gasteiger partial charge in [-0.2, -0.15) is 4.37 Å². The van der Waals surface area contributed by atoms with Crippen LogP contribution in [0, 0.1) is 13.8 Å². The first kappa shape index (κ1) is 12.8. The van der Waals surface area contributed by atoms with Crippen LogP contribution in [0.4, 0.5) is 5.82 Å². The fourth-order valence-electron chi connectivity index (χ4n) is 3.24. The molecule has 0 amide bonds. The highest BCUT2D eigenvalue weighted by Gasteiger charge is 2.22. The van der Waals surface area contributed by atoms with E-state index < -0.39 is 0 Å². The van der Waals surface area contributed by atoms with Crippen molar-refractivity contribution in [2.75, 3.05) is 5.32 Å². The summed E-state index contributed by atoms with van der Waals surface area (Å²) >= 11 is 1.49. The van der Waals surface area contributed by atoms with E-state index in [0.717, 1.165) is 29.2 Å². The van der Waals surface area contributed by atoms with Gasteiger partial charge in [0.25, 0.3) is 0 Å². The van der Waals surface area contributed by atoms with Gasteiger partial charge in [-0.15, -0.1) is 0 Å². The number of nitrogens with zero attached hydrogens (tertiary/aromatic N) is 2. The molecule has 1 aliphatic carbocycles. The van der Waals surface area contributed by atoms with Gasteiger partial charge in [-0.3, -0.25) is 0 Å². The van der Waals surface area contributed by atoms with Crippen molar-refractivity contribution in [3.05, 3.63) is 52.7 Å². The van der Waals surface area contributed by atoms with Crippen molar-refractivity contribution < 1.29 is 0 Å². The molecule has 0 saturated heterocycles. The maximum absolute atomic E-state index is 4.59. The maximum Gasteiger partial charge on any atom is 0.149 e. The second-order valence-electron chi connectivity index (χ2n) is 5.81. The summed E-state index contributed by atoms with van der Waals surface area (Å²) in [6.07, 6.45) is 2.15. The molecule has 106 valence electrons. The highest BCUT2D eigenvalue weighted by atomic mass is 32.1. The number of nitrogens with one attached hydrogen (secondary N) is 1.